The Balaban J connectivity index is 0.00000208. The Morgan fingerprint density at radius 2 is 1.88 bits per heavy atom. The molecule has 2 atom stereocenters. The van der Waals surface area contributed by atoms with Crippen molar-refractivity contribution in [3.8, 4) is 0 Å². The van der Waals surface area contributed by atoms with Crippen LogP contribution in [0.4, 0.5) is 0 Å². The van der Waals surface area contributed by atoms with E-state index in [0.717, 1.165) is 38.4 Å². The standard InChI is InChI=1S/C19H28N4.ClH/c1-4-23-15(3)18(14(2)21-23)12-22-11-17(10-20)19(13-22)16-8-6-5-7-9-16;/h5-9,17,19H,4,10-13,20H2,1-3H3;1H/t17-,19+;/m1./s1. The molecule has 2 aromatic rings. The molecule has 1 aliphatic heterocycles. The topological polar surface area (TPSA) is 47.1 Å². The van der Waals surface area contributed by atoms with Gasteiger partial charge in [-0.3, -0.25) is 9.58 Å². The quantitative estimate of drug-likeness (QED) is 0.903. The van der Waals surface area contributed by atoms with Gasteiger partial charge in [-0.2, -0.15) is 5.10 Å². The Bertz CT molecular complexity index is 653. The van der Waals surface area contributed by atoms with Gasteiger partial charge in [0.25, 0.3) is 0 Å². The Kier molecular flexibility index (Phi) is 6.44. The highest BCUT2D eigenvalue weighted by molar-refractivity contribution is 5.85. The highest BCUT2D eigenvalue weighted by Gasteiger charge is 2.33. The van der Waals surface area contributed by atoms with E-state index in [1.807, 2.05) is 0 Å². The monoisotopic (exact) mass is 348 g/mol. The summed E-state index contributed by atoms with van der Waals surface area (Å²) in [5, 5.41) is 4.65. The van der Waals surface area contributed by atoms with E-state index in [9.17, 15) is 0 Å². The van der Waals surface area contributed by atoms with Crippen molar-refractivity contribution in [2.24, 2.45) is 11.7 Å². The zero-order valence-corrected chi connectivity index (χ0v) is 15.7. The van der Waals surface area contributed by atoms with Gasteiger partial charge >= 0.3 is 0 Å². The number of aryl methyl sites for hydroxylation is 2. The molecule has 0 spiro atoms. The molecule has 132 valence electrons. The van der Waals surface area contributed by atoms with Gasteiger partial charge in [0.15, 0.2) is 0 Å². The van der Waals surface area contributed by atoms with Crippen molar-refractivity contribution in [2.45, 2.75) is 39.8 Å². The second kappa shape index (κ2) is 8.15. The van der Waals surface area contributed by atoms with E-state index in [4.69, 9.17) is 5.73 Å². The molecule has 0 saturated carbocycles. The van der Waals surface area contributed by atoms with E-state index in [1.54, 1.807) is 0 Å². The third-order valence-corrected chi connectivity index (χ3v) is 5.26. The van der Waals surface area contributed by atoms with Crippen LogP contribution in [0.5, 0.6) is 0 Å². The predicted molar refractivity (Wildman–Crippen MR) is 102 cm³/mol. The molecule has 0 bridgehead atoms. The van der Waals surface area contributed by atoms with Crippen molar-refractivity contribution in [2.75, 3.05) is 19.6 Å². The molecular weight excluding hydrogens is 320 g/mol. The molecule has 1 aromatic carbocycles. The lowest BCUT2D eigenvalue weighted by atomic mass is 9.89. The van der Waals surface area contributed by atoms with Crippen molar-refractivity contribution in [3.05, 3.63) is 52.8 Å². The van der Waals surface area contributed by atoms with Crippen molar-refractivity contribution in [1.29, 1.82) is 0 Å². The maximum atomic E-state index is 6.06. The molecule has 0 aliphatic carbocycles. The van der Waals surface area contributed by atoms with Crippen molar-refractivity contribution in [1.82, 2.24) is 14.7 Å². The van der Waals surface area contributed by atoms with Crippen LogP contribution in [-0.2, 0) is 13.1 Å². The van der Waals surface area contributed by atoms with Gasteiger partial charge in [-0.05, 0) is 38.8 Å². The molecule has 0 amide bonds. The van der Waals surface area contributed by atoms with Crippen LogP contribution in [0.15, 0.2) is 30.3 Å². The summed E-state index contributed by atoms with van der Waals surface area (Å²) in [4.78, 5) is 2.55. The summed E-state index contributed by atoms with van der Waals surface area (Å²) in [6, 6.07) is 10.8. The average molecular weight is 349 g/mol. The minimum Gasteiger partial charge on any atom is -0.330 e. The van der Waals surface area contributed by atoms with Gasteiger partial charge in [0.1, 0.15) is 0 Å². The summed E-state index contributed by atoms with van der Waals surface area (Å²) in [6.07, 6.45) is 0. The number of likely N-dealkylation sites (tertiary alicyclic amines) is 1. The number of hydrogen-bond donors (Lipinski definition) is 1. The van der Waals surface area contributed by atoms with Crippen LogP contribution >= 0.6 is 12.4 Å². The maximum Gasteiger partial charge on any atom is 0.0641 e. The fourth-order valence-corrected chi connectivity index (χ4v) is 3.90. The third-order valence-electron chi connectivity index (χ3n) is 5.26. The number of benzene rings is 1. The molecule has 2 N–H and O–H groups in total. The smallest absolute Gasteiger partial charge is 0.0641 e. The number of aromatic nitrogens is 2. The molecule has 1 aliphatic rings. The van der Waals surface area contributed by atoms with Gasteiger partial charge in [-0.15, -0.1) is 12.4 Å². The van der Waals surface area contributed by atoms with Crippen LogP contribution in [0.3, 0.4) is 0 Å². The van der Waals surface area contributed by atoms with Crippen LogP contribution in [-0.4, -0.2) is 34.3 Å². The molecule has 4 nitrogen and oxygen atoms in total. The van der Waals surface area contributed by atoms with Crippen molar-refractivity contribution in [3.63, 3.8) is 0 Å². The first kappa shape index (κ1) is 19.0. The molecule has 2 heterocycles. The lowest BCUT2D eigenvalue weighted by Crippen LogP contribution is -2.23. The van der Waals surface area contributed by atoms with E-state index in [1.165, 1.54) is 16.8 Å². The highest BCUT2D eigenvalue weighted by Crippen LogP contribution is 2.33. The Morgan fingerprint density at radius 3 is 2.46 bits per heavy atom. The van der Waals surface area contributed by atoms with Crippen LogP contribution in [0.2, 0.25) is 0 Å². The number of hydrogen-bond acceptors (Lipinski definition) is 3. The number of nitrogens with two attached hydrogens (primary N) is 1. The van der Waals surface area contributed by atoms with E-state index < -0.39 is 0 Å². The van der Waals surface area contributed by atoms with E-state index in [0.29, 0.717) is 11.8 Å². The number of rotatable bonds is 5. The number of halogens is 1. The summed E-state index contributed by atoms with van der Waals surface area (Å²) in [6.45, 7) is 11.3. The molecule has 3 rings (SSSR count). The summed E-state index contributed by atoms with van der Waals surface area (Å²) in [5.41, 5.74) is 11.3. The molecule has 1 fully saturated rings. The van der Waals surface area contributed by atoms with Gasteiger partial charge in [-0.25, -0.2) is 0 Å². The second-order valence-corrected chi connectivity index (χ2v) is 6.67. The van der Waals surface area contributed by atoms with Crippen LogP contribution in [0, 0.1) is 19.8 Å². The van der Waals surface area contributed by atoms with E-state index >= 15 is 0 Å². The maximum absolute atomic E-state index is 6.06. The number of nitrogens with zero attached hydrogens (tertiary/aromatic N) is 3. The lowest BCUT2D eigenvalue weighted by molar-refractivity contribution is 0.315. The van der Waals surface area contributed by atoms with Gasteiger partial charge in [0.2, 0.25) is 0 Å². The largest absolute Gasteiger partial charge is 0.330 e. The van der Waals surface area contributed by atoms with Crippen LogP contribution < -0.4 is 5.73 Å². The van der Waals surface area contributed by atoms with Gasteiger partial charge in [0, 0.05) is 43.4 Å². The van der Waals surface area contributed by atoms with Crippen LogP contribution in [0.25, 0.3) is 0 Å². The summed E-state index contributed by atoms with van der Waals surface area (Å²) >= 11 is 0. The third kappa shape index (κ3) is 3.66. The molecule has 0 unspecified atom stereocenters. The van der Waals surface area contributed by atoms with E-state index in [-0.39, 0.29) is 12.4 Å². The van der Waals surface area contributed by atoms with Crippen molar-refractivity contribution >= 4 is 12.4 Å². The minimum absolute atomic E-state index is 0. The van der Waals surface area contributed by atoms with Gasteiger partial charge in [0.05, 0.1) is 5.69 Å². The molecule has 5 heteroatoms. The summed E-state index contributed by atoms with van der Waals surface area (Å²) < 4.78 is 2.11. The zero-order chi connectivity index (χ0) is 16.4. The molecule has 24 heavy (non-hydrogen) atoms. The van der Waals surface area contributed by atoms with Gasteiger partial charge < -0.3 is 5.73 Å². The first-order chi connectivity index (χ1) is 11.1. The molecule has 1 saturated heterocycles. The minimum atomic E-state index is 0. The first-order valence-electron chi connectivity index (χ1n) is 8.64. The molecular formula is C19H29ClN4. The normalized spacial score (nSPS) is 21.0. The average Bonchev–Trinajstić information content (AvgIpc) is 3.11. The van der Waals surface area contributed by atoms with Crippen LogP contribution in [0.1, 0.15) is 35.4 Å². The Morgan fingerprint density at radius 1 is 1.17 bits per heavy atom. The SMILES string of the molecule is CCn1nc(C)c(CN2C[C@@H](CN)[C@H](c3ccccc3)C2)c1C.Cl. The molecule has 0 radical (unpaired) electrons. The second-order valence-electron chi connectivity index (χ2n) is 6.67. The first-order valence-corrected chi connectivity index (χ1v) is 8.64. The summed E-state index contributed by atoms with van der Waals surface area (Å²) in [7, 11) is 0. The van der Waals surface area contributed by atoms with E-state index in [2.05, 4.69) is 65.8 Å². The lowest BCUT2D eigenvalue weighted by Gasteiger charge is -2.17. The van der Waals surface area contributed by atoms with Gasteiger partial charge in [-0.1, -0.05) is 30.3 Å². The Hall–Kier alpha value is -1.36. The Labute approximate surface area is 151 Å². The predicted octanol–water partition coefficient (Wildman–Crippen LogP) is 3.12. The fourth-order valence-electron chi connectivity index (χ4n) is 3.90. The van der Waals surface area contributed by atoms with Crippen molar-refractivity contribution < 1.29 is 0 Å². The fraction of sp³-hybridized carbons (Fsp3) is 0.526. The summed E-state index contributed by atoms with van der Waals surface area (Å²) in [5.74, 6) is 1.09. The highest BCUT2D eigenvalue weighted by atomic mass is 35.5. The molecule has 1 aromatic heterocycles. The zero-order valence-electron chi connectivity index (χ0n) is 14.9.